The van der Waals surface area contributed by atoms with Gasteiger partial charge in [0.05, 0.1) is 20.8 Å². The van der Waals surface area contributed by atoms with Crippen LogP contribution in [0.25, 0.3) is 0 Å². The van der Waals surface area contributed by atoms with Gasteiger partial charge < -0.3 is 19.5 Å². The van der Waals surface area contributed by atoms with Crippen molar-refractivity contribution in [2.24, 2.45) is 0 Å². The average molecular weight is 293 g/mol. The largest absolute Gasteiger partial charge is 0.493 e. The van der Waals surface area contributed by atoms with Gasteiger partial charge >= 0.3 is 5.97 Å². The minimum absolute atomic E-state index is 0.274. The summed E-state index contributed by atoms with van der Waals surface area (Å²) in [5, 5.41) is 2.66. The summed E-state index contributed by atoms with van der Waals surface area (Å²) < 4.78 is 15.0. The molecule has 1 amide bonds. The second-order valence-electron chi connectivity index (χ2n) is 3.99. The third kappa shape index (κ3) is 5.56. The Kier molecular flexibility index (Phi) is 6.80. The summed E-state index contributed by atoms with van der Waals surface area (Å²) in [4.78, 5) is 22.6. The zero-order valence-electron chi connectivity index (χ0n) is 12.3. The third-order valence-corrected chi connectivity index (χ3v) is 2.57. The van der Waals surface area contributed by atoms with E-state index in [1.165, 1.54) is 0 Å². The highest BCUT2D eigenvalue weighted by Gasteiger charge is 2.05. The number of ether oxygens (including phenoxy) is 3. The van der Waals surface area contributed by atoms with Gasteiger partial charge in [-0.1, -0.05) is 6.07 Å². The van der Waals surface area contributed by atoms with Crippen LogP contribution in [0.3, 0.4) is 0 Å². The monoisotopic (exact) mass is 293 g/mol. The number of rotatable bonds is 7. The molecule has 0 aliphatic rings. The van der Waals surface area contributed by atoms with Gasteiger partial charge in [-0.25, -0.2) is 4.79 Å². The molecular formula is C15H19NO5. The Balaban J connectivity index is 2.55. The van der Waals surface area contributed by atoms with E-state index < -0.39 is 5.97 Å². The molecule has 0 saturated heterocycles. The summed E-state index contributed by atoms with van der Waals surface area (Å²) in [6.07, 6.45) is 2.23. The van der Waals surface area contributed by atoms with Gasteiger partial charge in [-0.15, -0.1) is 0 Å². The van der Waals surface area contributed by atoms with Gasteiger partial charge in [-0.2, -0.15) is 0 Å². The molecule has 1 aromatic carbocycles. The molecule has 0 radical (unpaired) electrons. The second-order valence-corrected chi connectivity index (χ2v) is 3.99. The summed E-state index contributed by atoms with van der Waals surface area (Å²) in [7, 11) is 3.10. The van der Waals surface area contributed by atoms with Crippen molar-refractivity contribution in [3.05, 3.63) is 35.9 Å². The molecule has 1 aromatic rings. The topological polar surface area (TPSA) is 73.9 Å². The van der Waals surface area contributed by atoms with Crippen molar-refractivity contribution in [1.29, 1.82) is 0 Å². The minimum Gasteiger partial charge on any atom is -0.493 e. The molecule has 0 fully saturated rings. The minimum atomic E-state index is -0.543. The normalized spacial score (nSPS) is 10.2. The number of hydrogen-bond donors (Lipinski definition) is 1. The number of amides is 1. The Labute approximate surface area is 123 Å². The molecule has 0 aliphatic heterocycles. The molecule has 0 bridgehead atoms. The highest BCUT2D eigenvalue weighted by Crippen LogP contribution is 2.27. The fourth-order valence-corrected chi connectivity index (χ4v) is 1.57. The first-order valence-electron chi connectivity index (χ1n) is 6.44. The molecule has 6 heteroatoms. The first-order chi connectivity index (χ1) is 10.1. The molecule has 6 nitrogen and oxygen atoms in total. The Morgan fingerprint density at radius 3 is 2.48 bits per heavy atom. The van der Waals surface area contributed by atoms with Gasteiger partial charge in [-0.05, 0) is 24.6 Å². The van der Waals surface area contributed by atoms with Crippen LogP contribution >= 0.6 is 0 Å². The molecule has 114 valence electrons. The Bertz CT molecular complexity index is 525. The molecule has 0 atom stereocenters. The zero-order valence-corrected chi connectivity index (χ0v) is 12.3. The zero-order chi connectivity index (χ0) is 15.7. The van der Waals surface area contributed by atoms with Crippen LogP contribution in [0.4, 0.5) is 0 Å². The summed E-state index contributed by atoms with van der Waals surface area (Å²) in [6.45, 7) is 2.28. The predicted molar refractivity (Wildman–Crippen MR) is 77.2 cm³/mol. The Morgan fingerprint density at radius 1 is 1.14 bits per heavy atom. The average Bonchev–Trinajstić information content (AvgIpc) is 2.50. The quantitative estimate of drug-likeness (QED) is 0.608. The lowest BCUT2D eigenvalue weighted by Gasteiger charge is -2.09. The molecule has 21 heavy (non-hydrogen) atoms. The van der Waals surface area contributed by atoms with Crippen LogP contribution in [0.2, 0.25) is 0 Å². The first-order valence-corrected chi connectivity index (χ1v) is 6.44. The van der Waals surface area contributed by atoms with E-state index in [1.807, 2.05) is 6.07 Å². The lowest BCUT2D eigenvalue weighted by atomic mass is 10.2. The molecule has 0 heterocycles. The van der Waals surface area contributed by atoms with Gasteiger partial charge in [0, 0.05) is 18.7 Å². The van der Waals surface area contributed by atoms with Gasteiger partial charge in [0.15, 0.2) is 11.5 Å². The fraction of sp³-hybridized carbons (Fsp3) is 0.333. The highest BCUT2D eigenvalue weighted by molar-refractivity contribution is 5.94. The Morgan fingerprint density at radius 2 is 1.86 bits per heavy atom. The molecular weight excluding hydrogens is 274 g/mol. The van der Waals surface area contributed by atoms with Crippen molar-refractivity contribution in [1.82, 2.24) is 5.32 Å². The number of nitrogens with one attached hydrogen (secondary N) is 1. The van der Waals surface area contributed by atoms with Gasteiger partial charge in [-0.3, -0.25) is 4.79 Å². The van der Waals surface area contributed by atoms with Crippen LogP contribution in [-0.4, -0.2) is 32.7 Å². The lowest BCUT2D eigenvalue weighted by molar-refractivity contribution is -0.137. The van der Waals surface area contributed by atoms with E-state index in [2.05, 4.69) is 10.1 Å². The van der Waals surface area contributed by atoms with E-state index >= 15 is 0 Å². The van der Waals surface area contributed by atoms with E-state index in [4.69, 9.17) is 9.47 Å². The van der Waals surface area contributed by atoms with E-state index in [-0.39, 0.29) is 12.5 Å². The van der Waals surface area contributed by atoms with E-state index in [9.17, 15) is 9.59 Å². The SMILES string of the molecule is CCOC(=O)/C=C/C(=O)NCc1ccc(OC)c(OC)c1. The Hall–Kier alpha value is -2.50. The smallest absolute Gasteiger partial charge is 0.330 e. The van der Waals surface area contributed by atoms with Crippen molar-refractivity contribution in [2.75, 3.05) is 20.8 Å². The predicted octanol–water partition coefficient (Wildman–Crippen LogP) is 1.44. The fourth-order valence-electron chi connectivity index (χ4n) is 1.57. The summed E-state index contributed by atoms with van der Waals surface area (Å²) in [5.41, 5.74) is 0.852. The van der Waals surface area contributed by atoms with Gasteiger partial charge in [0.1, 0.15) is 0 Å². The van der Waals surface area contributed by atoms with Crippen molar-refractivity contribution in [2.45, 2.75) is 13.5 Å². The van der Waals surface area contributed by atoms with E-state index in [0.29, 0.717) is 18.0 Å². The van der Waals surface area contributed by atoms with Crippen LogP contribution in [0, 0.1) is 0 Å². The van der Waals surface area contributed by atoms with Crippen molar-refractivity contribution < 1.29 is 23.8 Å². The second kappa shape index (κ2) is 8.63. The maximum atomic E-state index is 11.5. The highest BCUT2D eigenvalue weighted by atomic mass is 16.5. The van der Waals surface area contributed by atoms with E-state index in [1.54, 1.807) is 33.3 Å². The molecule has 0 unspecified atom stereocenters. The summed E-state index contributed by atoms with van der Waals surface area (Å²) >= 11 is 0. The third-order valence-electron chi connectivity index (χ3n) is 2.57. The van der Waals surface area contributed by atoms with Crippen LogP contribution in [0.5, 0.6) is 11.5 Å². The summed E-state index contributed by atoms with van der Waals surface area (Å²) in [5.74, 6) is 0.290. The molecule has 0 aromatic heterocycles. The first kappa shape index (κ1) is 16.6. The molecule has 1 N–H and O–H groups in total. The summed E-state index contributed by atoms with van der Waals surface area (Å²) in [6, 6.07) is 5.35. The van der Waals surface area contributed by atoms with Crippen LogP contribution in [0.1, 0.15) is 12.5 Å². The number of esters is 1. The van der Waals surface area contributed by atoms with Crippen LogP contribution < -0.4 is 14.8 Å². The van der Waals surface area contributed by atoms with Crippen molar-refractivity contribution in [3.8, 4) is 11.5 Å². The maximum Gasteiger partial charge on any atom is 0.330 e. The molecule has 1 rings (SSSR count). The number of benzene rings is 1. The maximum absolute atomic E-state index is 11.5. The van der Waals surface area contributed by atoms with E-state index in [0.717, 1.165) is 17.7 Å². The van der Waals surface area contributed by atoms with Crippen molar-refractivity contribution >= 4 is 11.9 Å². The van der Waals surface area contributed by atoms with Gasteiger partial charge in [0.2, 0.25) is 5.91 Å². The molecule has 0 saturated carbocycles. The van der Waals surface area contributed by atoms with Gasteiger partial charge in [0.25, 0.3) is 0 Å². The standard InChI is InChI=1S/C15H19NO5/c1-4-21-15(18)8-7-14(17)16-10-11-5-6-12(19-2)13(9-11)20-3/h5-9H,4,10H2,1-3H3,(H,16,17)/b8-7+. The number of carbonyl (C=O) groups excluding carboxylic acids is 2. The number of carbonyl (C=O) groups is 2. The molecule has 0 aliphatic carbocycles. The van der Waals surface area contributed by atoms with Crippen LogP contribution in [0.15, 0.2) is 30.4 Å². The number of methoxy groups -OCH3 is 2. The molecule has 0 spiro atoms. The number of hydrogen-bond acceptors (Lipinski definition) is 5. The lowest BCUT2D eigenvalue weighted by Crippen LogP contribution is -2.20. The van der Waals surface area contributed by atoms with Crippen molar-refractivity contribution in [3.63, 3.8) is 0 Å². The van der Waals surface area contributed by atoms with Crippen LogP contribution in [-0.2, 0) is 20.9 Å².